The number of H-pyrrole nitrogens is 1. The second-order valence-electron chi connectivity index (χ2n) is 7.99. The van der Waals surface area contributed by atoms with Crippen LogP contribution in [0.4, 0.5) is 0 Å². The van der Waals surface area contributed by atoms with E-state index in [-0.39, 0.29) is 18.6 Å². The average Bonchev–Trinajstić information content (AvgIpc) is 3.19. The van der Waals surface area contributed by atoms with Crippen LogP contribution in [0.2, 0.25) is 0 Å². The molecule has 3 aliphatic heterocycles. The van der Waals surface area contributed by atoms with Gasteiger partial charge in [-0.25, -0.2) is 0 Å². The Morgan fingerprint density at radius 1 is 1.28 bits per heavy atom. The fourth-order valence-electron chi connectivity index (χ4n) is 6.21. The Kier molecular flexibility index (Phi) is 2.43. The zero-order valence-electron chi connectivity index (χ0n) is 13.7. The van der Waals surface area contributed by atoms with Gasteiger partial charge in [-0.2, -0.15) is 0 Å². The van der Waals surface area contributed by atoms with E-state index in [1.165, 1.54) is 0 Å². The number of rotatable bonds is 1. The van der Waals surface area contributed by atoms with Crippen molar-refractivity contribution in [3.8, 4) is 0 Å². The standard InChI is InChI=1S/C19H20N2O4/c22-17(23)18-9-25-19(24)11-5-7-21(8-6-13(18)19)15(11)14-10-3-1-2-4-12(10)20-16(14)18/h1-4,11,13,15,20,24H,5-9H2,(H,22,23)/t11-,13-,15+,18-,19+/m0/s1. The number of carboxylic acid groups (broad SMARTS) is 1. The molecule has 3 fully saturated rings. The third kappa shape index (κ3) is 1.39. The van der Waals surface area contributed by atoms with E-state index in [0.29, 0.717) is 6.42 Å². The number of para-hydroxylation sites is 1. The number of carboxylic acids is 1. The zero-order valence-corrected chi connectivity index (χ0v) is 13.7. The average molecular weight is 340 g/mol. The van der Waals surface area contributed by atoms with Crippen LogP contribution in [0.3, 0.4) is 0 Å². The van der Waals surface area contributed by atoms with Crippen molar-refractivity contribution >= 4 is 16.9 Å². The number of aliphatic hydroxyl groups is 1. The van der Waals surface area contributed by atoms with Crippen LogP contribution in [0.1, 0.15) is 30.1 Å². The molecule has 0 amide bonds. The van der Waals surface area contributed by atoms with E-state index in [1.807, 2.05) is 18.2 Å². The van der Waals surface area contributed by atoms with E-state index in [0.717, 1.165) is 41.7 Å². The molecule has 1 aliphatic carbocycles. The summed E-state index contributed by atoms with van der Waals surface area (Å²) in [5.74, 6) is -2.75. The number of hydrogen-bond acceptors (Lipinski definition) is 4. The number of hydrogen-bond donors (Lipinski definition) is 3. The molecule has 25 heavy (non-hydrogen) atoms. The Labute approximate surface area is 144 Å². The summed E-state index contributed by atoms with van der Waals surface area (Å²) < 4.78 is 5.93. The number of carbonyl (C=O) groups is 1. The summed E-state index contributed by atoms with van der Waals surface area (Å²) >= 11 is 0. The summed E-state index contributed by atoms with van der Waals surface area (Å²) in [7, 11) is 0. The van der Waals surface area contributed by atoms with Crippen LogP contribution < -0.4 is 0 Å². The molecular formula is C19H20N2O4. The van der Waals surface area contributed by atoms with E-state index in [2.05, 4.69) is 16.0 Å². The van der Waals surface area contributed by atoms with Gasteiger partial charge in [-0.1, -0.05) is 18.2 Å². The number of aliphatic carboxylic acids is 1. The van der Waals surface area contributed by atoms with Crippen LogP contribution in [-0.4, -0.2) is 51.5 Å². The number of ether oxygens (including phenoxy) is 1. The summed E-state index contributed by atoms with van der Waals surface area (Å²) in [5, 5.41) is 22.9. The first-order valence-electron chi connectivity index (χ1n) is 9.02. The van der Waals surface area contributed by atoms with Crippen molar-refractivity contribution in [2.24, 2.45) is 11.8 Å². The Bertz CT molecular complexity index is 923. The molecule has 1 unspecified atom stereocenters. The molecule has 6 heteroatoms. The van der Waals surface area contributed by atoms with Crippen molar-refractivity contribution in [3.05, 3.63) is 35.5 Å². The molecule has 4 aliphatic rings. The highest BCUT2D eigenvalue weighted by Gasteiger charge is 2.72. The van der Waals surface area contributed by atoms with E-state index < -0.39 is 23.1 Å². The summed E-state index contributed by atoms with van der Waals surface area (Å²) in [4.78, 5) is 18.4. The highest BCUT2D eigenvalue weighted by Crippen LogP contribution is 2.63. The fourth-order valence-corrected chi connectivity index (χ4v) is 6.21. The molecule has 3 N–H and O–H groups in total. The zero-order chi connectivity index (χ0) is 17.0. The van der Waals surface area contributed by atoms with Crippen molar-refractivity contribution in [2.45, 2.75) is 30.1 Å². The lowest BCUT2D eigenvalue weighted by molar-refractivity contribution is -0.231. The lowest BCUT2D eigenvalue weighted by Gasteiger charge is -2.36. The molecule has 0 radical (unpaired) electrons. The molecule has 4 heterocycles. The van der Waals surface area contributed by atoms with Crippen molar-refractivity contribution in [3.63, 3.8) is 0 Å². The Morgan fingerprint density at radius 2 is 2.08 bits per heavy atom. The highest BCUT2D eigenvalue weighted by molar-refractivity contribution is 5.91. The molecule has 2 aromatic rings. The van der Waals surface area contributed by atoms with Gasteiger partial charge in [0.25, 0.3) is 0 Å². The van der Waals surface area contributed by atoms with Crippen molar-refractivity contribution in [1.29, 1.82) is 0 Å². The van der Waals surface area contributed by atoms with Gasteiger partial charge in [0.2, 0.25) is 0 Å². The van der Waals surface area contributed by atoms with Gasteiger partial charge in [-0.15, -0.1) is 0 Å². The third-order valence-corrected chi connectivity index (χ3v) is 7.23. The Morgan fingerprint density at radius 3 is 2.92 bits per heavy atom. The summed E-state index contributed by atoms with van der Waals surface area (Å²) in [6.07, 6.45) is 1.48. The molecule has 1 aromatic carbocycles. The summed E-state index contributed by atoms with van der Waals surface area (Å²) in [5.41, 5.74) is 1.60. The minimum absolute atomic E-state index is 0.0164. The predicted molar refractivity (Wildman–Crippen MR) is 89.0 cm³/mol. The predicted octanol–water partition coefficient (Wildman–Crippen LogP) is 1.61. The molecule has 6 atom stereocenters. The fraction of sp³-hybridized carbons (Fsp3) is 0.526. The topological polar surface area (TPSA) is 85.8 Å². The van der Waals surface area contributed by atoms with Gasteiger partial charge in [0.15, 0.2) is 5.79 Å². The second kappa shape index (κ2) is 4.26. The number of nitrogens with zero attached hydrogens (tertiary/aromatic N) is 1. The van der Waals surface area contributed by atoms with E-state index in [1.54, 1.807) is 0 Å². The number of aromatic amines is 1. The summed E-state index contributed by atoms with van der Waals surface area (Å²) in [6.45, 7) is 1.77. The van der Waals surface area contributed by atoms with Crippen molar-refractivity contribution in [2.75, 3.05) is 19.7 Å². The maximum atomic E-state index is 12.6. The van der Waals surface area contributed by atoms with E-state index >= 15 is 0 Å². The molecule has 6 nitrogen and oxygen atoms in total. The number of nitrogens with one attached hydrogen (secondary N) is 1. The van der Waals surface area contributed by atoms with Gasteiger partial charge in [0, 0.05) is 34.5 Å². The SMILES string of the molecule is O=C(O)[C@@]12CO[C@@]3(O)[C@H]1CCN1CC[C@H]3[C@@H]1c1c2[nH]c2ccccc12. The van der Waals surface area contributed by atoms with Crippen molar-refractivity contribution < 1.29 is 19.7 Å². The molecule has 6 rings (SSSR count). The summed E-state index contributed by atoms with van der Waals surface area (Å²) in [6, 6.07) is 8.05. The number of fused-ring (bicyclic) bond motifs is 4. The van der Waals surface area contributed by atoms with Crippen LogP contribution >= 0.6 is 0 Å². The molecule has 130 valence electrons. The van der Waals surface area contributed by atoms with Crippen LogP contribution in [-0.2, 0) is 14.9 Å². The maximum Gasteiger partial charge on any atom is 0.318 e. The number of benzene rings is 1. The number of aromatic nitrogens is 1. The van der Waals surface area contributed by atoms with Crippen LogP contribution in [0.25, 0.3) is 10.9 Å². The van der Waals surface area contributed by atoms with Gasteiger partial charge in [-0.3, -0.25) is 9.69 Å². The first kappa shape index (κ1) is 14.3. The van der Waals surface area contributed by atoms with Crippen molar-refractivity contribution in [1.82, 2.24) is 9.88 Å². The molecule has 1 aromatic heterocycles. The maximum absolute atomic E-state index is 12.6. The van der Waals surface area contributed by atoms with Gasteiger partial charge < -0.3 is 19.9 Å². The molecular weight excluding hydrogens is 320 g/mol. The normalized spacial score (nSPS) is 43.9. The first-order valence-corrected chi connectivity index (χ1v) is 9.02. The van der Waals surface area contributed by atoms with Crippen LogP contribution in [0.5, 0.6) is 0 Å². The van der Waals surface area contributed by atoms with Crippen LogP contribution in [0.15, 0.2) is 24.3 Å². The van der Waals surface area contributed by atoms with Gasteiger partial charge >= 0.3 is 5.97 Å². The smallest absolute Gasteiger partial charge is 0.318 e. The first-order chi connectivity index (χ1) is 12.1. The van der Waals surface area contributed by atoms with Crippen LogP contribution in [0, 0.1) is 11.8 Å². The van der Waals surface area contributed by atoms with E-state index in [9.17, 15) is 15.0 Å². The van der Waals surface area contributed by atoms with E-state index in [4.69, 9.17) is 4.74 Å². The Hall–Kier alpha value is -1.89. The lowest BCUT2D eigenvalue weighted by atomic mass is 9.69. The largest absolute Gasteiger partial charge is 0.480 e. The van der Waals surface area contributed by atoms with Gasteiger partial charge in [0.05, 0.1) is 6.61 Å². The quantitative estimate of drug-likeness (QED) is 0.734. The lowest BCUT2D eigenvalue weighted by Crippen LogP contribution is -2.50. The highest BCUT2D eigenvalue weighted by atomic mass is 16.6. The molecule has 6 bridgehead atoms. The monoisotopic (exact) mass is 340 g/mol. The second-order valence-corrected chi connectivity index (χ2v) is 7.99. The Balaban J connectivity index is 1.78. The third-order valence-electron chi connectivity index (χ3n) is 7.23. The van der Waals surface area contributed by atoms with Gasteiger partial charge in [-0.05, 0) is 37.6 Å². The molecule has 0 spiro atoms. The molecule has 3 saturated heterocycles. The minimum Gasteiger partial charge on any atom is -0.480 e. The molecule has 0 saturated carbocycles. The van der Waals surface area contributed by atoms with Gasteiger partial charge in [0.1, 0.15) is 5.41 Å². The minimum atomic E-state index is -1.35.